The normalized spacial score (nSPS) is 14.4. The number of hydrogen-bond donors (Lipinski definition) is 0. The van der Waals surface area contributed by atoms with Crippen LogP contribution in [-0.2, 0) is 9.53 Å². The van der Waals surface area contributed by atoms with E-state index in [0.29, 0.717) is 30.8 Å². The van der Waals surface area contributed by atoms with Crippen molar-refractivity contribution in [2.24, 2.45) is 0 Å². The number of amides is 1. The Morgan fingerprint density at radius 2 is 2.12 bits per heavy atom. The maximum absolute atomic E-state index is 11.8. The third-order valence-electron chi connectivity index (χ3n) is 2.66. The van der Waals surface area contributed by atoms with E-state index in [-0.39, 0.29) is 0 Å². The van der Waals surface area contributed by atoms with E-state index in [9.17, 15) is 9.59 Å². The number of methoxy groups -OCH3 is 1. The highest BCUT2D eigenvalue weighted by atomic mass is 79.9. The molecule has 90 valence electrons. The second-order valence-corrected chi connectivity index (χ2v) is 4.71. The van der Waals surface area contributed by atoms with Crippen LogP contribution in [0.5, 0.6) is 0 Å². The number of carbonyl (C=O) groups excluding carboxylic acids is 2. The molecular formula is C12H12BrNO3. The molecule has 0 saturated carbocycles. The molecule has 5 heteroatoms. The molecule has 0 aliphatic carbocycles. The number of benzene rings is 1. The quantitative estimate of drug-likeness (QED) is 0.631. The number of nitrogens with zero attached hydrogens (tertiary/aromatic N) is 1. The highest BCUT2D eigenvalue weighted by molar-refractivity contribution is 9.10. The predicted molar refractivity (Wildman–Crippen MR) is 67.3 cm³/mol. The van der Waals surface area contributed by atoms with Crippen LogP contribution in [-0.4, -0.2) is 32.0 Å². The molecule has 0 aromatic heterocycles. The van der Waals surface area contributed by atoms with Crippen LogP contribution in [0, 0.1) is 0 Å². The first kappa shape index (κ1) is 12.3. The first-order valence-corrected chi connectivity index (χ1v) is 6.09. The maximum atomic E-state index is 11.8. The summed E-state index contributed by atoms with van der Waals surface area (Å²) >= 11 is 3.34. The van der Waals surface area contributed by atoms with Crippen LogP contribution < -0.4 is 4.90 Å². The summed E-state index contributed by atoms with van der Waals surface area (Å²) in [6.45, 7) is 1.07. The smallest absolute Gasteiger partial charge is 0.299 e. The van der Waals surface area contributed by atoms with Crippen molar-refractivity contribution in [3.63, 3.8) is 0 Å². The van der Waals surface area contributed by atoms with Gasteiger partial charge in [0.15, 0.2) is 0 Å². The summed E-state index contributed by atoms with van der Waals surface area (Å²) in [5, 5.41) is 0. The second kappa shape index (κ2) is 4.98. The Kier molecular flexibility index (Phi) is 3.59. The van der Waals surface area contributed by atoms with E-state index in [1.165, 1.54) is 4.90 Å². The number of anilines is 1. The van der Waals surface area contributed by atoms with Gasteiger partial charge in [0.05, 0.1) is 11.3 Å². The van der Waals surface area contributed by atoms with E-state index in [0.717, 1.165) is 4.47 Å². The minimum Gasteiger partial charge on any atom is -0.385 e. The van der Waals surface area contributed by atoms with Gasteiger partial charge in [0.25, 0.3) is 11.7 Å². The summed E-state index contributed by atoms with van der Waals surface area (Å²) in [6.07, 6.45) is 0.710. The van der Waals surface area contributed by atoms with Gasteiger partial charge in [-0.25, -0.2) is 0 Å². The number of ketones is 1. The van der Waals surface area contributed by atoms with Gasteiger partial charge in [0.2, 0.25) is 0 Å². The summed E-state index contributed by atoms with van der Waals surface area (Å²) in [6, 6.07) is 5.24. The fraction of sp³-hybridized carbons (Fsp3) is 0.333. The molecule has 0 N–H and O–H groups in total. The summed E-state index contributed by atoms with van der Waals surface area (Å²) in [7, 11) is 1.61. The van der Waals surface area contributed by atoms with Gasteiger partial charge in [-0.2, -0.15) is 0 Å². The molecule has 0 atom stereocenters. The van der Waals surface area contributed by atoms with Crippen LogP contribution in [0.15, 0.2) is 22.7 Å². The van der Waals surface area contributed by atoms with E-state index in [1.807, 2.05) is 0 Å². The summed E-state index contributed by atoms with van der Waals surface area (Å²) in [4.78, 5) is 25.0. The zero-order chi connectivity index (χ0) is 12.4. The molecule has 1 aromatic carbocycles. The average molecular weight is 298 g/mol. The average Bonchev–Trinajstić information content (AvgIpc) is 2.54. The molecule has 17 heavy (non-hydrogen) atoms. The van der Waals surface area contributed by atoms with E-state index in [4.69, 9.17) is 4.74 Å². The number of carbonyl (C=O) groups is 2. The minimum atomic E-state index is -0.450. The molecule has 0 saturated heterocycles. The highest BCUT2D eigenvalue weighted by Crippen LogP contribution is 2.31. The zero-order valence-corrected chi connectivity index (χ0v) is 11.0. The van der Waals surface area contributed by atoms with Gasteiger partial charge in [-0.1, -0.05) is 15.9 Å². The van der Waals surface area contributed by atoms with Crippen molar-refractivity contribution in [1.29, 1.82) is 0 Å². The molecule has 0 fully saturated rings. The van der Waals surface area contributed by atoms with Gasteiger partial charge in [-0.3, -0.25) is 9.59 Å². The monoisotopic (exact) mass is 297 g/mol. The van der Waals surface area contributed by atoms with Crippen LogP contribution in [0.4, 0.5) is 5.69 Å². The fourth-order valence-corrected chi connectivity index (χ4v) is 2.21. The van der Waals surface area contributed by atoms with Crippen LogP contribution in [0.1, 0.15) is 16.8 Å². The number of hydrogen-bond acceptors (Lipinski definition) is 3. The molecule has 0 spiro atoms. The lowest BCUT2D eigenvalue weighted by molar-refractivity contribution is -0.114. The topological polar surface area (TPSA) is 46.6 Å². The standard InChI is InChI=1S/C12H12BrNO3/c1-17-6-2-5-14-10-7-8(13)3-4-9(10)11(15)12(14)16/h3-4,7H,2,5-6H2,1H3. The summed E-state index contributed by atoms with van der Waals surface area (Å²) in [5.74, 6) is -0.876. The molecule has 1 heterocycles. The highest BCUT2D eigenvalue weighted by Gasteiger charge is 2.35. The Morgan fingerprint density at radius 3 is 2.82 bits per heavy atom. The number of Topliss-reactive ketones (excluding diaryl/α,β-unsaturated/α-hetero) is 1. The fourth-order valence-electron chi connectivity index (χ4n) is 1.86. The molecule has 4 nitrogen and oxygen atoms in total. The van der Waals surface area contributed by atoms with Gasteiger partial charge in [-0.05, 0) is 24.6 Å². The molecule has 1 aliphatic heterocycles. The lowest BCUT2D eigenvalue weighted by atomic mass is 10.1. The molecule has 1 aromatic rings. The van der Waals surface area contributed by atoms with Crippen molar-refractivity contribution in [3.8, 4) is 0 Å². The third-order valence-corrected chi connectivity index (χ3v) is 3.16. The Balaban J connectivity index is 2.26. The molecule has 2 rings (SSSR count). The molecule has 0 radical (unpaired) electrons. The predicted octanol–water partition coefficient (Wildman–Crippen LogP) is 2.01. The first-order valence-electron chi connectivity index (χ1n) is 5.30. The van der Waals surface area contributed by atoms with E-state index in [1.54, 1.807) is 25.3 Å². The summed E-state index contributed by atoms with van der Waals surface area (Å²) in [5.41, 5.74) is 1.17. The second-order valence-electron chi connectivity index (χ2n) is 3.79. The largest absolute Gasteiger partial charge is 0.385 e. The number of halogens is 1. The van der Waals surface area contributed by atoms with Crippen molar-refractivity contribution in [2.45, 2.75) is 6.42 Å². The SMILES string of the molecule is COCCCN1C(=O)C(=O)c2ccc(Br)cc21. The Bertz CT molecular complexity index is 473. The number of rotatable bonds is 4. The summed E-state index contributed by atoms with van der Waals surface area (Å²) < 4.78 is 5.80. The van der Waals surface area contributed by atoms with Crippen LogP contribution in [0.2, 0.25) is 0 Å². The van der Waals surface area contributed by atoms with Crippen molar-refractivity contribution in [2.75, 3.05) is 25.2 Å². The zero-order valence-electron chi connectivity index (χ0n) is 9.40. The first-order chi connectivity index (χ1) is 8.15. The van der Waals surface area contributed by atoms with E-state index < -0.39 is 11.7 Å². The lowest BCUT2D eigenvalue weighted by Gasteiger charge is -2.16. The van der Waals surface area contributed by atoms with Crippen LogP contribution >= 0.6 is 15.9 Å². The van der Waals surface area contributed by atoms with Gasteiger partial charge >= 0.3 is 0 Å². The Hall–Kier alpha value is -1.20. The molecule has 1 amide bonds. The number of fused-ring (bicyclic) bond motifs is 1. The molecule has 0 bridgehead atoms. The van der Waals surface area contributed by atoms with Crippen LogP contribution in [0.3, 0.4) is 0 Å². The van der Waals surface area contributed by atoms with Gasteiger partial charge in [0.1, 0.15) is 0 Å². The third kappa shape index (κ3) is 2.25. The molecule has 0 unspecified atom stereocenters. The van der Waals surface area contributed by atoms with Crippen molar-refractivity contribution in [3.05, 3.63) is 28.2 Å². The van der Waals surface area contributed by atoms with Crippen molar-refractivity contribution < 1.29 is 14.3 Å². The lowest BCUT2D eigenvalue weighted by Crippen LogP contribution is -2.31. The Labute approximate surface area is 108 Å². The maximum Gasteiger partial charge on any atom is 0.299 e. The van der Waals surface area contributed by atoms with Crippen molar-refractivity contribution in [1.82, 2.24) is 0 Å². The van der Waals surface area contributed by atoms with Crippen LogP contribution in [0.25, 0.3) is 0 Å². The van der Waals surface area contributed by atoms with Crippen molar-refractivity contribution >= 4 is 33.3 Å². The minimum absolute atomic E-state index is 0.426. The molecular weight excluding hydrogens is 286 g/mol. The van der Waals surface area contributed by atoms with Gasteiger partial charge < -0.3 is 9.64 Å². The molecule has 1 aliphatic rings. The number of ether oxygens (including phenoxy) is 1. The van der Waals surface area contributed by atoms with Gasteiger partial charge in [-0.15, -0.1) is 0 Å². The van der Waals surface area contributed by atoms with E-state index in [2.05, 4.69) is 15.9 Å². The van der Waals surface area contributed by atoms with Gasteiger partial charge in [0, 0.05) is 24.7 Å². The van der Waals surface area contributed by atoms with E-state index >= 15 is 0 Å². The Morgan fingerprint density at radius 1 is 1.35 bits per heavy atom.